The van der Waals surface area contributed by atoms with E-state index in [4.69, 9.17) is 19.3 Å². The van der Waals surface area contributed by atoms with E-state index in [9.17, 15) is 9.59 Å². The molecule has 2 aliphatic heterocycles. The number of carbonyl (C=O) groups is 2. The molecule has 10 heteroatoms. The Kier molecular flexibility index (Phi) is 7.56. The van der Waals surface area contributed by atoms with Gasteiger partial charge in [-0.15, -0.1) is 11.8 Å². The second kappa shape index (κ2) is 11.6. The van der Waals surface area contributed by atoms with E-state index >= 15 is 0 Å². The Bertz CT molecular complexity index is 1570. The molecule has 9 nitrogen and oxygen atoms in total. The molecule has 0 saturated carbocycles. The summed E-state index contributed by atoms with van der Waals surface area (Å²) in [6, 6.07) is 23.3. The molecular formula is C31H30N4O5S. The zero-order valence-corrected chi connectivity index (χ0v) is 23.6. The van der Waals surface area contributed by atoms with E-state index in [0.29, 0.717) is 29.6 Å². The number of carbonyl (C=O) groups excluding carboxylic acids is 2. The minimum atomic E-state index is -0.269. The van der Waals surface area contributed by atoms with E-state index in [1.807, 2.05) is 79.7 Å². The maximum absolute atomic E-state index is 13.8. The van der Waals surface area contributed by atoms with Crippen molar-refractivity contribution in [2.24, 2.45) is 0 Å². The summed E-state index contributed by atoms with van der Waals surface area (Å²) in [4.78, 5) is 28.4. The van der Waals surface area contributed by atoms with Crippen LogP contribution >= 0.6 is 11.8 Å². The van der Waals surface area contributed by atoms with Gasteiger partial charge in [0.05, 0.1) is 29.5 Å². The van der Waals surface area contributed by atoms with Crippen LogP contribution < -0.4 is 24.4 Å². The first-order valence-electron chi connectivity index (χ1n) is 13.5. The Balaban J connectivity index is 1.59. The predicted octanol–water partition coefficient (Wildman–Crippen LogP) is 4.97. The summed E-state index contributed by atoms with van der Waals surface area (Å²) < 4.78 is 18.4. The average Bonchev–Trinajstić information content (AvgIpc) is 3.61. The molecule has 210 valence electrons. The van der Waals surface area contributed by atoms with E-state index in [1.165, 1.54) is 11.8 Å². The van der Waals surface area contributed by atoms with Gasteiger partial charge in [0.15, 0.2) is 11.5 Å². The first-order valence-corrected chi connectivity index (χ1v) is 14.5. The second-order valence-corrected chi connectivity index (χ2v) is 10.8. The molecule has 41 heavy (non-hydrogen) atoms. The van der Waals surface area contributed by atoms with Crippen molar-refractivity contribution in [1.29, 1.82) is 0 Å². The molecule has 0 saturated heterocycles. The number of thioether (sulfide) groups is 1. The molecular weight excluding hydrogens is 540 g/mol. The highest BCUT2D eigenvalue weighted by molar-refractivity contribution is 8.00. The number of amides is 2. The number of benzene rings is 3. The Hall–Kier alpha value is -4.44. The Labute approximate surface area is 242 Å². The fourth-order valence-corrected chi connectivity index (χ4v) is 6.22. The molecule has 6 rings (SSSR count). The summed E-state index contributed by atoms with van der Waals surface area (Å²) in [6.07, 6.45) is 0.801. The number of methoxy groups -OCH3 is 1. The third-order valence-electron chi connectivity index (χ3n) is 7.03. The van der Waals surface area contributed by atoms with Gasteiger partial charge < -0.3 is 19.5 Å². The second-order valence-electron chi connectivity index (χ2n) is 9.70. The first kappa shape index (κ1) is 26.8. The number of rotatable bonds is 8. The number of ether oxygens (including phenoxy) is 3. The number of nitrogens with zero attached hydrogens (tertiary/aromatic N) is 3. The molecule has 1 aromatic heterocycles. The molecule has 3 heterocycles. The van der Waals surface area contributed by atoms with Crippen LogP contribution in [0.5, 0.6) is 17.2 Å². The maximum atomic E-state index is 13.8. The van der Waals surface area contributed by atoms with E-state index < -0.39 is 0 Å². The van der Waals surface area contributed by atoms with Crippen LogP contribution in [-0.4, -0.2) is 54.3 Å². The number of fused-ring (bicyclic) bond motifs is 2. The summed E-state index contributed by atoms with van der Waals surface area (Å²) in [5.74, 6) is 2.43. The van der Waals surface area contributed by atoms with Crippen molar-refractivity contribution >= 4 is 29.4 Å². The highest BCUT2D eigenvalue weighted by atomic mass is 32.2. The maximum Gasteiger partial charge on any atom is 0.240 e. The van der Waals surface area contributed by atoms with Crippen LogP contribution in [0.3, 0.4) is 0 Å². The Morgan fingerprint density at radius 2 is 1.85 bits per heavy atom. The van der Waals surface area contributed by atoms with E-state index in [2.05, 4.69) is 5.32 Å². The van der Waals surface area contributed by atoms with Gasteiger partial charge in [-0.1, -0.05) is 43.3 Å². The monoisotopic (exact) mass is 570 g/mol. The standard InChI is InChI=1S/C31H30N4O5S/c1-3-15-32-26(36)17-34-27(37)18-41-30(21-9-14-24-25(16-21)40-19-39-24)28-29(20-7-5-4-6-8-20)33-35(31(28)34)22-10-12-23(38-2)13-11-22/h4-14,16,30H,3,15,17-19H2,1-2H3,(H,32,36)/t30-/m0/s1. The lowest BCUT2D eigenvalue weighted by atomic mass is 9.99. The predicted molar refractivity (Wildman–Crippen MR) is 158 cm³/mol. The molecule has 3 aromatic carbocycles. The molecule has 0 bridgehead atoms. The summed E-state index contributed by atoms with van der Waals surface area (Å²) in [5, 5.41) is 7.76. The van der Waals surface area contributed by atoms with Crippen LogP contribution in [0, 0.1) is 0 Å². The lowest BCUT2D eigenvalue weighted by molar-refractivity contribution is -0.122. The molecule has 1 atom stereocenters. The van der Waals surface area contributed by atoms with Gasteiger partial charge in [-0.25, -0.2) is 4.68 Å². The van der Waals surface area contributed by atoms with Gasteiger partial charge in [-0.05, 0) is 48.4 Å². The summed E-state index contributed by atoms with van der Waals surface area (Å²) in [5.41, 5.74) is 4.20. The van der Waals surface area contributed by atoms with Crippen molar-refractivity contribution in [3.63, 3.8) is 0 Å². The van der Waals surface area contributed by atoms with E-state index in [-0.39, 0.29) is 36.2 Å². The van der Waals surface area contributed by atoms with Crippen LogP contribution in [0.15, 0.2) is 72.8 Å². The van der Waals surface area contributed by atoms with Crippen LogP contribution in [-0.2, 0) is 9.59 Å². The smallest absolute Gasteiger partial charge is 0.240 e. The fourth-order valence-electron chi connectivity index (χ4n) is 5.04. The molecule has 0 spiro atoms. The molecule has 4 aromatic rings. The Morgan fingerprint density at radius 1 is 1.07 bits per heavy atom. The van der Waals surface area contributed by atoms with Gasteiger partial charge in [0.25, 0.3) is 0 Å². The molecule has 2 amide bonds. The van der Waals surface area contributed by atoms with Crippen molar-refractivity contribution < 1.29 is 23.8 Å². The van der Waals surface area contributed by atoms with Gasteiger partial charge in [0, 0.05) is 17.7 Å². The zero-order chi connectivity index (χ0) is 28.3. The SMILES string of the molecule is CCCNC(=O)CN1C(=O)CS[C@@H](c2ccc3c(c2)OCO3)c2c(-c3ccccc3)nn(-c3ccc(OC)cc3)c21. The number of nitrogens with one attached hydrogen (secondary N) is 1. The van der Waals surface area contributed by atoms with Crippen molar-refractivity contribution in [1.82, 2.24) is 15.1 Å². The highest BCUT2D eigenvalue weighted by Gasteiger charge is 2.38. The lowest BCUT2D eigenvalue weighted by Gasteiger charge is -2.23. The third-order valence-corrected chi connectivity index (χ3v) is 8.28. The largest absolute Gasteiger partial charge is 0.497 e. The Morgan fingerprint density at radius 3 is 2.61 bits per heavy atom. The molecule has 0 radical (unpaired) electrons. The van der Waals surface area contributed by atoms with Crippen molar-refractivity contribution in [3.8, 4) is 34.2 Å². The summed E-state index contributed by atoms with van der Waals surface area (Å²) in [7, 11) is 1.62. The van der Waals surface area contributed by atoms with Crippen molar-refractivity contribution in [2.45, 2.75) is 18.6 Å². The fraction of sp³-hybridized carbons (Fsp3) is 0.258. The van der Waals surface area contributed by atoms with Gasteiger partial charge in [0.2, 0.25) is 18.6 Å². The highest BCUT2D eigenvalue weighted by Crippen LogP contribution is 2.50. The minimum absolute atomic E-state index is 0.115. The van der Waals surface area contributed by atoms with Gasteiger partial charge in [0.1, 0.15) is 18.1 Å². The van der Waals surface area contributed by atoms with Gasteiger partial charge in [-0.3, -0.25) is 14.5 Å². The molecule has 0 fully saturated rings. The van der Waals surface area contributed by atoms with Crippen LogP contribution in [0.2, 0.25) is 0 Å². The van der Waals surface area contributed by atoms with Crippen LogP contribution in [0.25, 0.3) is 16.9 Å². The summed E-state index contributed by atoms with van der Waals surface area (Å²) in [6.45, 7) is 2.59. The normalized spacial score (nSPS) is 15.8. The first-order chi connectivity index (χ1) is 20.1. The lowest BCUT2D eigenvalue weighted by Crippen LogP contribution is -2.42. The number of anilines is 1. The molecule has 2 aliphatic rings. The van der Waals surface area contributed by atoms with Crippen molar-refractivity contribution in [2.75, 3.05) is 37.6 Å². The van der Waals surface area contributed by atoms with Crippen molar-refractivity contribution in [3.05, 3.63) is 83.9 Å². The summed E-state index contributed by atoms with van der Waals surface area (Å²) >= 11 is 1.51. The minimum Gasteiger partial charge on any atom is -0.497 e. The van der Waals surface area contributed by atoms with Gasteiger partial charge in [-0.2, -0.15) is 5.10 Å². The third kappa shape index (κ3) is 5.22. The quantitative estimate of drug-likeness (QED) is 0.320. The van der Waals surface area contributed by atoms with Crippen LogP contribution in [0.1, 0.15) is 29.7 Å². The molecule has 0 unspecified atom stereocenters. The number of aromatic nitrogens is 2. The van der Waals surface area contributed by atoms with E-state index in [1.54, 1.807) is 16.7 Å². The number of hydrogen-bond donors (Lipinski definition) is 1. The average molecular weight is 571 g/mol. The van der Waals surface area contributed by atoms with Crippen LogP contribution in [0.4, 0.5) is 5.82 Å². The molecule has 0 aliphatic carbocycles. The zero-order valence-electron chi connectivity index (χ0n) is 22.8. The molecule has 1 N–H and O–H groups in total. The van der Waals surface area contributed by atoms with Gasteiger partial charge >= 0.3 is 0 Å². The topological polar surface area (TPSA) is 94.9 Å². The van der Waals surface area contributed by atoms with E-state index in [0.717, 1.165) is 34.5 Å². The number of hydrogen-bond acceptors (Lipinski definition) is 7.